The van der Waals surface area contributed by atoms with Crippen molar-refractivity contribution in [1.29, 1.82) is 0 Å². The number of nitrogens with one attached hydrogen (secondary N) is 2. The SMILES string of the molecule is O=C1CCC(NS(=O)(=O)c2ccc(CBr)cc2)CN1. The Morgan fingerprint density at radius 3 is 2.53 bits per heavy atom. The van der Waals surface area contributed by atoms with E-state index in [1.807, 2.05) is 0 Å². The van der Waals surface area contributed by atoms with Crippen LogP contribution in [0.2, 0.25) is 0 Å². The highest BCUT2D eigenvalue weighted by Gasteiger charge is 2.23. The minimum atomic E-state index is -3.52. The standard InChI is InChI=1S/C12H15BrN2O3S/c13-7-9-1-4-11(5-2-9)19(17,18)15-10-3-6-12(16)14-8-10/h1-2,4-5,10,15H,3,6-8H2,(H,14,16). The summed E-state index contributed by atoms with van der Waals surface area (Å²) in [5.74, 6) is -0.0304. The highest BCUT2D eigenvalue weighted by Crippen LogP contribution is 2.14. The Bertz CT molecular complexity index is 547. The molecule has 2 N–H and O–H groups in total. The van der Waals surface area contributed by atoms with Gasteiger partial charge in [-0.1, -0.05) is 28.1 Å². The third-order valence-corrected chi connectivity index (χ3v) is 5.16. The van der Waals surface area contributed by atoms with Gasteiger partial charge < -0.3 is 5.32 Å². The number of halogens is 1. The van der Waals surface area contributed by atoms with Crippen molar-refractivity contribution < 1.29 is 13.2 Å². The highest BCUT2D eigenvalue weighted by atomic mass is 79.9. The third kappa shape index (κ3) is 3.77. The lowest BCUT2D eigenvalue weighted by Gasteiger charge is -2.23. The number of amides is 1. The van der Waals surface area contributed by atoms with Gasteiger partial charge in [-0.3, -0.25) is 4.79 Å². The minimum absolute atomic E-state index is 0.0304. The van der Waals surface area contributed by atoms with E-state index in [9.17, 15) is 13.2 Å². The van der Waals surface area contributed by atoms with Gasteiger partial charge in [-0.05, 0) is 24.1 Å². The number of rotatable bonds is 4. The second-order valence-corrected chi connectivity index (χ2v) is 6.71. The summed E-state index contributed by atoms with van der Waals surface area (Å²) in [6.45, 7) is 0.345. The van der Waals surface area contributed by atoms with Gasteiger partial charge in [-0.2, -0.15) is 0 Å². The third-order valence-electron chi connectivity index (χ3n) is 2.98. The van der Waals surface area contributed by atoms with Gasteiger partial charge >= 0.3 is 0 Å². The number of piperidine rings is 1. The van der Waals surface area contributed by atoms with Gasteiger partial charge in [0.25, 0.3) is 0 Å². The second-order valence-electron chi connectivity index (χ2n) is 4.44. The van der Waals surface area contributed by atoms with E-state index in [-0.39, 0.29) is 16.8 Å². The number of carbonyl (C=O) groups is 1. The van der Waals surface area contributed by atoms with Crippen molar-refractivity contribution in [2.45, 2.75) is 29.1 Å². The van der Waals surface area contributed by atoms with Crippen molar-refractivity contribution in [2.24, 2.45) is 0 Å². The van der Waals surface area contributed by atoms with E-state index in [0.29, 0.717) is 24.7 Å². The molecule has 1 aromatic carbocycles. The lowest BCUT2D eigenvalue weighted by Crippen LogP contribution is -2.47. The van der Waals surface area contributed by atoms with Crippen LogP contribution in [0.5, 0.6) is 0 Å². The minimum Gasteiger partial charge on any atom is -0.355 e. The van der Waals surface area contributed by atoms with Crippen LogP contribution in [0.1, 0.15) is 18.4 Å². The van der Waals surface area contributed by atoms with Crippen LogP contribution in [-0.4, -0.2) is 26.9 Å². The fraction of sp³-hybridized carbons (Fsp3) is 0.417. The van der Waals surface area contributed by atoms with Crippen LogP contribution < -0.4 is 10.0 Å². The number of carbonyl (C=O) groups excluding carboxylic acids is 1. The average Bonchev–Trinajstić information content (AvgIpc) is 2.41. The fourth-order valence-electron chi connectivity index (χ4n) is 1.88. The van der Waals surface area contributed by atoms with Crippen molar-refractivity contribution in [1.82, 2.24) is 10.0 Å². The summed E-state index contributed by atoms with van der Waals surface area (Å²) in [6.07, 6.45) is 0.889. The molecule has 1 aliphatic heterocycles. The molecular formula is C12H15BrN2O3S. The molecule has 5 nitrogen and oxygen atoms in total. The van der Waals surface area contributed by atoms with Crippen LogP contribution >= 0.6 is 15.9 Å². The molecule has 1 saturated heterocycles. The van der Waals surface area contributed by atoms with Crippen molar-refractivity contribution in [3.05, 3.63) is 29.8 Å². The lowest BCUT2D eigenvalue weighted by molar-refractivity contribution is -0.122. The maximum absolute atomic E-state index is 12.1. The van der Waals surface area contributed by atoms with Crippen LogP contribution in [0.4, 0.5) is 0 Å². The molecule has 1 unspecified atom stereocenters. The smallest absolute Gasteiger partial charge is 0.240 e. The second kappa shape index (κ2) is 6.02. The summed E-state index contributed by atoms with van der Waals surface area (Å²) in [5.41, 5.74) is 1.02. The van der Waals surface area contributed by atoms with E-state index in [1.165, 1.54) is 0 Å². The van der Waals surface area contributed by atoms with Crippen molar-refractivity contribution in [2.75, 3.05) is 6.54 Å². The molecule has 1 fully saturated rings. The number of hydrogen-bond acceptors (Lipinski definition) is 3. The van der Waals surface area contributed by atoms with Gasteiger partial charge in [-0.15, -0.1) is 0 Å². The molecule has 1 heterocycles. The van der Waals surface area contributed by atoms with Crippen molar-refractivity contribution in [3.63, 3.8) is 0 Å². The maximum atomic E-state index is 12.1. The Kier molecular flexibility index (Phi) is 4.59. The lowest BCUT2D eigenvalue weighted by atomic mass is 10.1. The van der Waals surface area contributed by atoms with Crippen LogP contribution in [0.25, 0.3) is 0 Å². The van der Waals surface area contributed by atoms with E-state index in [1.54, 1.807) is 24.3 Å². The van der Waals surface area contributed by atoms with E-state index < -0.39 is 10.0 Å². The first kappa shape index (κ1) is 14.5. The summed E-state index contributed by atoms with van der Waals surface area (Å²) >= 11 is 3.31. The van der Waals surface area contributed by atoms with Gasteiger partial charge in [0.15, 0.2) is 0 Å². The van der Waals surface area contributed by atoms with Crippen molar-refractivity contribution >= 4 is 31.9 Å². The Balaban J connectivity index is 2.06. The molecule has 0 spiro atoms. The highest BCUT2D eigenvalue weighted by molar-refractivity contribution is 9.08. The Morgan fingerprint density at radius 1 is 1.32 bits per heavy atom. The summed E-state index contributed by atoms with van der Waals surface area (Å²) in [5, 5.41) is 3.34. The van der Waals surface area contributed by atoms with Gasteiger partial charge in [0.2, 0.25) is 15.9 Å². The Morgan fingerprint density at radius 2 is 2.00 bits per heavy atom. The number of hydrogen-bond donors (Lipinski definition) is 2. The summed E-state index contributed by atoms with van der Waals surface area (Å²) in [4.78, 5) is 11.3. The monoisotopic (exact) mass is 346 g/mol. The van der Waals surface area contributed by atoms with Gasteiger partial charge in [0.05, 0.1) is 4.90 Å². The summed E-state index contributed by atoms with van der Waals surface area (Å²) < 4.78 is 26.9. The Hall–Kier alpha value is -0.920. The van der Waals surface area contributed by atoms with Crippen LogP contribution in [-0.2, 0) is 20.1 Å². The molecule has 1 amide bonds. The van der Waals surface area contributed by atoms with E-state index in [0.717, 1.165) is 5.56 Å². The van der Waals surface area contributed by atoms with Crippen LogP contribution in [0.3, 0.4) is 0 Å². The van der Waals surface area contributed by atoms with Crippen LogP contribution in [0, 0.1) is 0 Å². The number of sulfonamides is 1. The number of alkyl halides is 1. The zero-order valence-electron chi connectivity index (χ0n) is 10.2. The van der Waals surface area contributed by atoms with Crippen LogP contribution in [0.15, 0.2) is 29.2 Å². The summed E-state index contributed by atoms with van der Waals surface area (Å²) in [6, 6.07) is 6.47. The molecule has 0 aliphatic carbocycles. The van der Waals surface area contributed by atoms with E-state index in [4.69, 9.17) is 0 Å². The van der Waals surface area contributed by atoms with Gasteiger partial charge in [-0.25, -0.2) is 13.1 Å². The zero-order chi connectivity index (χ0) is 13.9. The maximum Gasteiger partial charge on any atom is 0.240 e. The molecule has 0 bridgehead atoms. The molecule has 1 aliphatic rings. The molecule has 2 rings (SSSR count). The first-order valence-corrected chi connectivity index (χ1v) is 8.55. The van der Waals surface area contributed by atoms with E-state index >= 15 is 0 Å². The fourth-order valence-corrected chi connectivity index (χ4v) is 3.52. The van der Waals surface area contributed by atoms with Gasteiger partial charge in [0.1, 0.15) is 0 Å². The first-order chi connectivity index (χ1) is 9.01. The number of benzene rings is 1. The molecule has 0 saturated carbocycles. The molecule has 0 aromatic heterocycles. The van der Waals surface area contributed by atoms with E-state index in [2.05, 4.69) is 26.0 Å². The average molecular weight is 347 g/mol. The zero-order valence-corrected chi connectivity index (χ0v) is 12.6. The molecule has 1 aromatic rings. The topological polar surface area (TPSA) is 75.3 Å². The summed E-state index contributed by atoms with van der Waals surface area (Å²) in [7, 11) is -3.52. The molecular weight excluding hydrogens is 332 g/mol. The quantitative estimate of drug-likeness (QED) is 0.802. The first-order valence-electron chi connectivity index (χ1n) is 5.95. The molecule has 0 radical (unpaired) electrons. The molecule has 19 heavy (non-hydrogen) atoms. The largest absolute Gasteiger partial charge is 0.355 e. The molecule has 104 valence electrons. The Labute approximate surface area is 121 Å². The molecule has 1 atom stereocenters. The predicted molar refractivity (Wildman–Crippen MR) is 75.4 cm³/mol. The predicted octanol–water partition coefficient (Wildman–Crippen LogP) is 1.14. The van der Waals surface area contributed by atoms with Gasteiger partial charge in [0, 0.05) is 24.3 Å². The molecule has 7 heteroatoms. The normalized spacial score (nSPS) is 20.1. The van der Waals surface area contributed by atoms with Crippen molar-refractivity contribution in [3.8, 4) is 0 Å².